The molecule has 4 atom stereocenters. The first-order chi connectivity index (χ1) is 14.1. The number of carbonyl (C=O) groups is 1. The van der Waals surface area contributed by atoms with Crippen molar-refractivity contribution in [3.63, 3.8) is 0 Å². The summed E-state index contributed by atoms with van der Waals surface area (Å²) in [6, 6.07) is 2.36. The van der Waals surface area contributed by atoms with Crippen LogP contribution in [0.4, 0.5) is 10.2 Å². The quantitative estimate of drug-likeness (QED) is 0.675. The monoisotopic (exact) mass is 395 g/mol. The second-order valence-corrected chi connectivity index (χ2v) is 8.44. The first-order valence-electron chi connectivity index (χ1n) is 10.1. The van der Waals surface area contributed by atoms with Crippen molar-refractivity contribution in [2.45, 2.75) is 37.5 Å². The Morgan fingerprint density at radius 2 is 1.90 bits per heavy atom. The second-order valence-electron chi connectivity index (χ2n) is 8.44. The second kappa shape index (κ2) is 6.01. The molecular formula is C20H22FN7O. The van der Waals surface area contributed by atoms with E-state index < -0.39 is 12.1 Å². The molecule has 8 nitrogen and oxygen atoms in total. The van der Waals surface area contributed by atoms with E-state index in [1.807, 2.05) is 35.1 Å². The summed E-state index contributed by atoms with van der Waals surface area (Å²) in [6.45, 7) is 1.46. The van der Waals surface area contributed by atoms with Gasteiger partial charge >= 0.3 is 0 Å². The molecule has 1 saturated carbocycles. The zero-order valence-corrected chi connectivity index (χ0v) is 16.1. The highest BCUT2D eigenvalue weighted by molar-refractivity contribution is 5.84. The molecule has 29 heavy (non-hydrogen) atoms. The number of hydrogen-bond donors (Lipinski definition) is 0. The van der Waals surface area contributed by atoms with E-state index in [4.69, 9.17) is 0 Å². The number of aromatic nitrogens is 5. The Hall–Kier alpha value is -2.97. The maximum absolute atomic E-state index is 13.4. The van der Waals surface area contributed by atoms with Crippen molar-refractivity contribution in [3.8, 4) is 11.1 Å². The van der Waals surface area contributed by atoms with E-state index in [2.05, 4.69) is 26.1 Å². The minimum absolute atomic E-state index is 0.0130. The Morgan fingerprint density at radius 3 is 2.55 bits per heavy atom. The van der Waals surface area contributed by atoms with E-state index in [0.29, 0.717) is 6.42 Å². The number of rotatable bonds is 3. The van der Waals surface area contributed by atoms with Gasteiger partial charge in [0.15, 0.2) is 5.82 Å². The van der Waals surface area contributed by atoms with Gasteiger partial charge in [-0.3, -0.25) is 9.48 Å². The van der Waals surface area contributed by atoms with Gasteiger partial charge in [0.1, 0.15) is 18.0 Å². The molecule has 2 aliphatic heterocycles. The molecule has 0 radical (unpaired) electrons. The van der Waals surface area contributed by atoms with Crippen LogP contribution in [0.5, 0.6) is 0 Å². The van der Waals surface area contributed by atoms with Gasteiger partial charge in [-0.25, -0.2) is 13.9 Å². The van der Waals surface area contributed by atoms with Crippen LogP contribution in [0.2, 0.25) is 0 Å². The third kappa shape index (κ3) is 2.63. The minimum Gasteiger partial charge on any atom is -0.351 e. The lowest BCUT2D eigenvalue weighted by Gasteiger charge is -2.41. The van der Waals surface area contributed by atoms with Crippen molar-refractivity contribution in [3.05, 3.63) is 31.0 Å². The third-order valence-electron chi connectivity index (χ3n) is 6.49. The average Bonchev–Trinajstić information content (AvgIpc) is 3.04. The van der Waals surface area contributed by atoms with E-state index in [9.17, 15) is 9.18 Å². The molecule has 0 spiro atoms. The molecule has 2 saturated heterocycles. The summed E-state index contributed by atoms with van der Waals surface area (Å²) >= 11 is 0. The largest absolute Gasteiger partial charge is 0.351 e. The Kier molecular flexibility index (Phi) is 3.51. The Balaban J connectivity index is 1.31. The van der Waals surface area contributed by atoms with Crippen LogP contribution in [0.25, 0.3) is 16.6 Å². The highest BCUT2D eigenvalue weighted by atomic mass is 19.1. The van der Waals surface area contributed by atoms with Crippen molar-refractivity contribution in [2.75, 3.05) is 18.0 Å². The number of carbonyl (C=O) groups excluding carboxylic acids is 1. The van der Waals surface area contributed by atoms with E-state index in [-0.39, 0.29) is 18.0 Å². The van der Waals surface area contributed by atoms with Crippen LogP contribution >= 0.6 is 0 Å². The average molecular weight is 395 g/mol. The summed E-state index contributed by atoms with van der Waals surface area (Å²) in [7, 11) is 1.90. The number of alkyl halides is 1. The van der Waals surface area contributed by atoms with Gasteiger partial charge in [0.25, 0.3) is 0 Å². The topological polar surface area (TPSA) is 71.6 Å². The van der Waals surface area contributed by atoms with Gasteiger partial charge in [-0.1, -0.05) is 0 Å². The molecule has 3 aromatic heterocycles. The van der Waals surface area contributed by atoms with E-state index >= 15 is 0 Å². The SMILES string of the molecule is Cn1cc(-c2cc3c(N4CC5CCC(C4)N5C(=O)[C@@H]4C[C@H]4F)ncnn3c2)cn1. The van der Waals surface area contributed by atoms with Gasteiger partial charge in [0.2, 0.25) is 5.91 Å². The molecule has 3 aliphatic rings. The molecule has 0 N–H and O–H groups in total. The molecule has 3 fully saturated rings. The number of aryl methyl sites for hydroxylation is 1. The first kappa shape index (κ1) is 16.9. The van der Waals surface area contributed by atoms with Crippen LogP contribution in [0.3, 0.4) is 0 Å². The fraction of sp³-hybridized carbons (Fsp3) is 0.500. The van der Waals surface area contributed by atoms with Crippen molar-refractivity contribution in [2.24, 2.45) is 13.0 Å². The van der Waals surface area contributed by atoms with E-state index in [1.165, 1.54) is 0 Å². The van der Waals surface area contributed by atoms with Crippen LogP contribution in [-0.2, 0) is 11.8 Å². The van der Waals surface area contributed by atoms with Crippen molar-refractivity contribution < 1.29 is 9.18 Å². The number of piperazine rings is 1. The Labute approximate surface area is 166 Å². The lowest BCUT2D eigenvalue weighted by Crippen LogP contribution is -2.56. The Bertz CT molecular complexity index is 1090. The van der Waals surface area contributed by atoms with Crippen LogP contribution in [0.15, 0.2) is 31.0 Å². The highest BCUT2D eigenvalue weighted by Crippen LogP contribution is 2.41. The van der Waals surface area contributed by atoms with Gasteiger partial charge in [0, 0.05) is 55.7 Å². The predicted molar refractivity (Wildman–Crippen MR) is 104 cm³/mol. The van der Waals surface area contributed by atoms with Gasteiger partial charge in [-0.2, -0.15) is 10.2 Å². The number of amides is 1. The number of nitrogens with zero attached hydrogens (tertiary/aromatic N) is 7. The molecule has 150 valence electrons. The van der Waals surface area contributed by atoms with Crippen molar-refractivity contribution in [1.29, 1.82) is 0 Å². The Morgan fingerprint density at radius 1 is 1.14 bits per heavy atom. The number of anilines is 1. The summed E-state index contributed by atoms with van der Waals surface area (Å²) in [5.74, 6) is 0.496. The zero-order chi connectivity index (χ0) is 19.7. The van der Waals surface area contributed by atoms with Crippen molar-refractivity contribution >= 4 is 17.2 Å². The molecular weight excluding hydrogens is 373 g/mol. The first-order valence-corrected chi connectivity index (χ1v) is 10.1. The normalized spacial score (nSPS) is 28.3. The van der Waals surface area contributed by atoms with E-state index in [1.54, 1.807) is 11.0 Å². The maximum atomic E-state index is 13.4. The van der Waals surface area contributed by atoms with Gasteiger partial charge in [-0.15, -0.1) is 0 Å². The van der Waals surface area contributed by atoms with Crippen molar-refractivity contribution in [1.82, 2.24) is 29.3 Å². The van der Waals surface area contributed by atoms with Crippen LogP contribution in [-0.4, -0.2) is 66.5 Å². The van der Waals surface area contributed by atoms with Gasteiger partial charge in [0.05, 0.1) is 12.1 Å². The molecule has 1 amide bonds. The zero-order valence-electron chi connectivity index (χ0n) is 16.1. The molecule has 0 aromatic carbocycles. The van der Waals surface area contributed by atoms with Crippen LogP contribution < -0.4 is 4.90 Å². The highest BCUT2D eigenvalue weighted by Gasteiger charge is 2.51. The summed E-state index contributed by atoms with van der Waals surface area (Å²) in [5.41, 5.74) is 3.01. The summed E-state index contributed by atoms with van der Waals surface area (Å²) in [5, 5.41) is 8.62. The third-order valence-corrected chi connectivity index (χ3v) is 6.49. The standard InChI is InChI=1S/C20H22FN7O/c1-25-7-13(6-23-25)12-4-18-19(22-11-24-27(18)8-12)26-9-14-2-3-15(10-26)28(14)20(29)16-5-17(16)21/h4,6-8,11,14-17H,2-3,5,9-10H2,1H3/t14?,15?,16-,17-/m1/s1. The molecule has 5 heterocycles. The molecule has 3 aromatic rings. The molecule has 1 aliphatic carbocycles. The molecule has 2 unspecified atom stereocenters. The summed E-state index contributed by atoms with van der Waals surface area (Å²) in [6.07, 6.45) is 8.78. The maximum Gasteiger partial charge on any atom is 0.229 e. The smallest absolute Gasteiger partial charge is 0.229 e. The van der Waals surface area contributed by atoms with Crippen LogP contribution in [0.1, 0.15) is 19.3 Å². The fourth-order valence-corrected chi connectivity index (χ4v) is 4.94. The lowest BCUT2D eigenvalue weighted by atomic mass is 10.1. The summed E-state index contributed by atoms with van der Waals surface area (Å²) in [4.78, 5) is 21.5. The van der Waals surface area contributed by atoms with Crippen LogP contribution in [0, 0.1) is 5.92 Å². The molecule has 2 bridgehead atoms. The number of fused-ring (bicyclic) bond motifs is 3. The number of hydrogen-bond acceptors (Lipinski definition) is 5. The fourth-order valence-electron chi connectivity index (χ4n) is 4.94. The summed E-state index contributed by atoms with van der Waals surface area (Å²) < 4.78 is 17.1. The number of halogens is 1. The van der Waals surface area contributed by atoms with Gasteiger partial charge in [-0.05, 0) is 25.3 Å². The molecule has 6 rings (SSSR count). The van der Waals surface area contributed by atoms with Gasteiger partial charge < -0.3 is 9.80 Å². The predicted octanol–water partition coefficient (Wildman–Crippen LogP) is 1.67. The minimum atomic E-state index is -0.937. The van der Waals surface area contributed by atoms with E-state index in [0.717, 1.165) is 48.4 Å². The molecule has 9 heteroatoms. The lowest BCUT2D eigenvalue weighted by molar-refractivity contribution is -0.136.